The number of amides is 1. The van der Waals surface area contributed by atoms with E-state index in [1.165, 1.54) is 12.1 Å². The number of rotatable bonds is 6. The fourth-order valence-corrected chi connectivity index (χ4v) is 4.98. The fraction of sp³-hybridized carbons (Fsp3) is 0.480. The molecule has 5 nitrogen and oxygen atoms in total. The molecule has 4 atom stereocenters. The molecule has 178 valence electrons. The normalized spacial score (nSPS) is 27.3. The minimum atomic E-state index is -4.43. The molecule has 0 radical (unpaired) electrons. The first-order chi connectivity index (χ1) is 15.7. The average Bonchev–Trinajstić information content (AvgIpc) is 3.27. The van der Waals surface area contributed by atoms with Crippen LogP contribution in [0.25, 0.3) is 0 Å². The molecular formula is C25H29F3N2O3. The first kappa shape index (κ1) is 23.6. The van der Waals surface area contributed by atoms with Gasteiger partial charge in [0.05, 0.1) is 11.7 Å². The van der Waals surface area contributed by atoms with Crippen LogP contribution in [0.15, 0.2) is 54.6 Å². The summed E-state index contributed by atoms with van der Waals surface area (Å²) in [7, 11) is 0. The summed E-state index contributed by atoms with van der Waals surface area (Å²) in [4.78, 5) is 14.8. The van der Waals surface area contributed by atoms with Crippen molar-refractivity contribution in [1.82, 2.24) is 4.90 Å². The van der Waals surface area contributed by atoms with Gasteiger partial charge in [-0.2, -0.15) is 13.2 Å². The van der Waals surface area contributed by atoms with Crippen LogP contribution in [0.3, 0.4) is 0 Å². The van der Waals surface area contributed by atoms with Crippen molar-refractivity contribution in [2.75, 3.05) is 19.7 Å². The van der Waals surface area contributed by atoms with Crippen LogP contribution in [0.5, 0.6) is 5.75 Å². The van der Waals surface area contributed by atoms with Gasteiger partial charge in [-0.15, -0.1) is 0 Å². The standard InChI is InChI=1S/C25H29F3N2O3/c1-17(18-6-3-2-4-7-18)22-15-24(23(29)31,11-13-32-22)30-12-10-21(16-30)33-20-9-5-8-19(14-20)25(26,27)28/h2-9,14,17,21-22H,10-13,15-16H2,1H3,(H2,29,31)/t17-,21+,22?,24?/m0/s1. The van der Waals surface area contributed by atoms with Crippen LogP contribution in [-0.4, -0.2) is 48.3 Å². The molecule has 4 rings (SSSR count). The summed E-state index contributed by atoms with van der Waals surface area (Å²) in [6.45, 7) is 3.51. The first-order valence-electron chi connectivity index (χ1n) is 11.2. The van der Waals surface area contributed by atoms with Crippen molar-refractivity contribution in [2.45, 2.75) is 56.0 Å². The Morgan fingerprint density at radius 2 is 1.97 bits per heavy atom. The number of hydrogen-bond acceptors (Lipinski definition) is 4. The second kappa shape index (κ2) is 9.35. The molecule has 0 aliphatic carbocycles. The third-order valence-corrected chi connectivity index (χ3v) is 6.94. The molecule has 2 N–H and O–H groups in total. The predicted octanol–water partition coefficient (Wildman–Crippen LogP) is 4.37. The Labute approximate surface area is 191 Å². The second-order valence-electron chi connectivity index (χ2n) is 8.96. The topological polar surface area (TPSA) is 64.8 Å². The second-order valence-corrected chi connectivity index (χ2v) is 8.96. The summed E-state index contributed by atoms with van der Waals surface area (Å²) in [5, 5.41) is 0. The van der Waals surface area contributed by atoms with Gasteiger partial charge in [0.1, 0.15) is 17.4 Å². The Bertz CT molecular complexity index is 969. The number of nitrogens with zero attached hydrogens (tertiary/aromatic N) is 1. The third-order valence-electron chi connectivity index (χ3n) is 6.94. The molecule has 8 heteroatoms. The molecule has 33 heavy (non-hydrogen) atoms. The van der Waals surface area contributed by atoms with Crippen LogP contribution in [0.1, 0.15) is 43.2 Å². The van der Waals surface area contributed by atoms with Crippen LogP contribution in [0, 0.1) is 0 Å². The van der Waals surface area contributed by atoms with Gasteiger partial charge < -0.3 is 15.2 Å². The number of hydrogen-bond donors (Lipinski definition) is 1. The summed E-state index contributed by atoms with van der Waals surface area (Å²) < 4.78 is 51.0. The molecule has 0 aromatic heterocycles. The predicted molar refractivity (Wildman–Crippen MR) is 118 cm³/mol. The number of ether oxygens (including phenoxy) is 2. The molecular weight excluding hydrogens is 433 g/mol. The maximum Gasteiger partial charge on any atom is 0.416 e. The third kappa shape index (κ3) is 5.01. The van der Waals surface area contributed by atoms with Crippen LogP contribution in [-0.2, 0) is 15.7 Å². The molecule has 2 heterocycles. The van der Waals surface area contributed by atoms with Crippen molar-refractivity contribution in [1.29, 1.82) is 0 Å². The molecule has 1 amide bonds. The lowest BCUT2D eigenvalue weighted by molar-refractivity contribution is -0.142. The number of likely N-dealkylation sites (tertiary alicyclic amines) is 1. The molecule has 2 aromatic carbocycles. The monoisotopic (exact) mass is 462 g/mol. The van der Waals surface area contributed by atoms with E-state index in [-0.39, 0.29) is 23.9 Å². The van der Waals surface area contributed by atoms with Gasteiger partial charge in [-0.25, -0.2) is 0 Å². The van der Waals surface area contributed by atoms with Crippen molar-refractivity contribution >= 4 is 5.91 Å². The van der Waals surface area contributed by atoms with Crippen molar-refractivity contribution in [3.63, 3.8) is 0 Å². The van der Waals surface area contributed by atoms with Crippen molar-refractivity contribution in [2.24, 2.45) is 5.73 Å². The van der Waals surface area contributed by atoms with Gasteiger partial charge in [0.25, 0.3) is 0 Å². The van der Waals surface area contributed by atoms with Gasteiger partial charge in [0.2, 0.25) is 5.91 Å². The minimum absolute atomic E-state index is 0.0879. The quantitative estimate of drug-likeness (QED) is 0.693. The number of carbonyl (C=O) groups is 1. The number of alkyl halides is 3. The summed E-state index contributed by atoms with van der Waals surface area (Å²) in [6, 6.07) is 14.9. The molecule has 2 aromatic rings. The summed E-state index contributed by atoms with van der Waals surface area (Å²) in [5.41, 5.74) is 5.47. The number of carbonyl (C=O) groups excluding carboxylic acids is 1. The summed E-state index contributed by atoms with van der Waals surface area (Å²) >= 11 is 0. The van der Waals surface area contributed by atoms with Crippen molar-refractivity contribution < 1.29 is 27.4 Å². The lowest BCUT2D eigenvalue weighted by atomic mass is 9.79. The maximum absolute atomic E-state index is 13.0. The van der Waals surface area contributed by atoms with Crippen LogP contribution < -0.4 is 10.5 Å². The molecule has 0 bridgehead atoms. The molecule has 0 saturated carbocycles. The zero-order valence-corrected chi connectivity index (χ0v) is 18.6. The minimum Gasteiger partial charge on any atom is -0.489 e. The lowest BCUT2D eigenvalue weighted by Gasteiger charge is -2.46. The Kier molecular flexibility index (Phi) is 6.68. The number of halogens is 3. The maximum atomic E-state index is 13.0. The van der Waals surface area contributed by atoms with Gasteiger partial charge in [0.15, 0.2) is 0 Å². The Morgan fingerprint density at radius 3 is 2.67 bits per heavy atom. The zero-order valence-electron chi connectivity index (χ0n) is 18.6. The van der Waals surface area contributed by atoms with Gasteiger partial charge in [-0.3, -0.25) is 9.69 Å². The highest BCUT2D eigenvalue weighted by atomic mass is 19.4. The largest absolute Gasteiger partial charge is 0.489 e. The van der Waals surface area contributed by atoms with Crippen LogP contribution >= 0.6 is 0 Å². The highest BCUT2D eigenvalue weighted by Crippen LogP contribution is 2.39. The molecule has 2 aliphatic heterocycles. The molecule has 0 spiro atoms. The number of nitrogens with two attached hydrogens (primary N) is 1. The van der Waals surface area contributed by atoms with Gasteiger partial charge in [0, 0.05) is 32.0 Å². The van der Waals surface area contributed by atoms with Crippen LogP contribution in [0.2, 0.25) is 0 Å². The summed E-state index contributed by atoms with van der Waals surface area (Å²) in [5.74, 6) is -0.131. The van der Waals surface area contributed by atoms with Crippen molar-refractivity contribution in [3.8, 4) is 5.75 Å². The highest BCUT2D eigenvalue weighted by Gasteiger charge is 2.50. The van der Waals surface area contributed by atoms with Gasteiger partial charge >= 0.3 is 6.18 Å². The van der Waals surface area contributed by atoms with Gasteiger partial charge in [-0.1, -0.05) is 43.3 Å². The molecule has 2 fully saturated rings. The average molecular weight is 463 g/mol. The molecule has 2 saturated heterocycles. The van der Waals surface area contributed by atoms with E-state index in [2.05, 4.69) is 6.92 Å². The van der Waals surface area contributed by atoms with E-state index in [1.807, 2.05) is 35.2 Å². The van der Waals surface area contributed by atoms with Crippen molar-refractivity contribution in [3.05, 3.63) is 65.7 Å². The Balaban J connectivity index is 1.47. The van der Waals surface area contributed by atoms with Gasteiger partial charge in [-0.05, 0) is 36.6 Å². The summed E-state index contributed by atoms with van der Waals surface area (Å²) in [6.07, 6.45) is -3.37. The van der Waals surface area contributed by atoms with E-state index in [0.29, 0.717) is 39.0 Å². The van der Waals surface area contributed by atoms with E-state index >= 15 is 0 Å². The van der Waals surface area contributed by atoms with E-state index in [4.69, 9.17) is 15.2 Å². The highest BCUT2D eigenvalue weighted by molar-refractivity contribution is 5.85. The number of benzene rings is 2. The van der Waals surface area contributed by atoms with E-state index in [1.54, 1.807) is 0 Å². The van der Waals surface area contributed by atoms with E-state index in [9.17, 15) is 18.0 Å². The molecule has 2 unspecified atom stereocenters. The SMILES string of the molecule is C[C@@H](c1ccccc1)C1CC(C(N)=O)(N2CC[C@@H](Oc3cccc(C(F)(F)F)c3)C2)CCO1. The Hall–Kier alpha value is -2.58. The fourth-order valence-electron chi connectivity index (χ4n) is 4.98. The molecule has 2 aliphatic rings. The lowest BCUT2D eigenvalue weighted by Crippen LogP contribution is -2.61. The number of primary amides is 1. The Morgan fingerprint density at radius 1 is 1.21 bits per heavy atom. The van der Waals surface area contributed by atoms with E-state index in [0.717, 1.165) is 17.7 Å². The van der Waals surface area contributed by atoms with E-state index < -0.39 is 23.2 Å². The zero-order chi connectivity index (χ0) is 23.6. The first-order valence-corrected chi connectivity index (χ1v) is 11.2. The van der Waals surface area contributed by atoms with Crippen LogP contribution in [0.4, 0.5) is 13.2 Å². The smallest absolute Gasteiger partial charge is 0.416 e.